The molecule has 1 aliphatic heterocycles. The fourth-order valence-corrected chi connectivity index (χ4v) is 2.76. The highest BCUT2D eigenvalue weighted by Crippen LogP contribution is 2.31. The summed E-state index contributed by atoms with van der Waals surface area (Å²) in [5, 5.41) is 5.59. The summed E-state index contributed by atoms with van der Waals surface area (Å²) in [6.07, 6.45) is 1.76. The van der Waals surface area contributed by atoms with Gasteiger partial charge >= 0.3 is 0 Å². The predicted octanol–water partition coefficient (Wildman–Crippen LogP) is 4.68. The summed E-state index contributed by atoms with van der Waals surface area (Å²) < 4.78 is 24.3. The lowest BCUT2D eigenvalue weighted by atomic mass is 10.1. The molecule has 1 amide bonds. The largest absolute Gasteiger partial charge is 0.493 e. The molecule has 1 heterocycles. The van der Waals surface area contributed by atoms with E-state index in [1.807, 2.05) is 18.2 Å². The maximum Gasteiger partial charge on any atom is 0.280 e. The highest BCUT2D eigenvalue weighted by Gasteiger charge is 2.28. The highest BCUT2D eigenvalue weighted by atomic mass is 19.1. The Hall–Kier alpha value is -3.15. The number of nitrogens with zero attached hydrogens (tertiary/aromatic N) is 2. The summed E-state index contributed by atoms with van der Waals surface area (Å²) >= 11 is 0. The average Bonchev–Trinajstić information content (AvgIpc) is 2.95. The first-order valence-corrected chi connectivity index (χ1v) is 9.07. The van der Waals surface area contributed by atoms with Gasteiger partial charge < -0.3 is 9.47 Å². The van der Waals surface area contributed by atoms with E-state index in [0.717, 1.165) is 5.56 Å². The van der Waals surface area contributed by atoms with Gasteiger partial charge in [0.1, 0.15) is 5.82 Å². The first kappa shape index (κ1) is 19.6. The number of hydrogen-bond donors (Lipinski definition) is 0. The van der Waals surface area contributed by atoms with Crippen molar-refractivity contribution < 1.29 is 18.7 Å². The SMILES string of the molecule is COc1cc(/C=C2/C(=O)N(c3ccc(F)cc3)N=C2C)ccc1OCC(C)C. The lowest BCUT2D eigenvalue weighted by Gasteiger charge is -2.13. The zero-order valence-electron chi connectivity index (χ0n) is 16.4. The van der Waals surface area contributed by atoms with Crippen molar-refractivity contribution in [2.75, 3.05) is 18.7 Å². The Morgan fingerprint density at radius 1 is 1.14 bits per heavy atom. The van der Waals surface area contributed by atoms with E-state index in [0.29, 0.717) is 41.0 Å². The van der Waals surface area contributed by atoms with Gasteiger partial charge in [0.2, 0.25) is 0 Å². The monoisotopic (exact) mass is 382 g/mol. The Balaban J connectivity index is 1.86. The predicted molar refractivity (Wildman–Crippen MR) is 108 cm³/mol. The average molecular weight is 382 g/mol. The number of amides is 1. The summed E-state index contributed by atoms with van der Waals surface area (Å²) in [4.78, 5) is 12.8. The minimum absolute atomic E-state index is 0.261. The Morgan fingerprint density at radius 2 is 1.86 bits per heavy atom. The molecule has 1 aliphatic rings. The molecule has 6 heteroatoms. The summed E-state index contributed by atoms with van der Waals surface area (Å²) in [5.74, 6) is 1.04. The molecule has 2 aromatic rings. The normalized spacial score (nSPS) is 15.4. The van der Waals surface area contributed by atoms with E-state index in [4.69, 9.17) is 9.47 Å². The molecule has 0 aromatic heterocycles. The van der Waals surface area contributed by atoms with Gasteiger partial charge in [-0.1, -0.05) is 19.9 Å². The molecule has 0 saturated carbocycles. The third-order valence-corrected chi connectivity index (χ3v) is 4.20. The van der Waals surface area contributed by atoms with Gasteiger partial charge in [0.25, 0.3) is 5.91 Å². The van der Waals surface area contributed by atoms with Crippen molar-refractivity contribution in [1.29, 1.82) is 0 Å². The van der Waals surface area contributed by atoms with E-state index >= 15 is 0 Å². The zero-order chi connectivity index (χ0) is 20.3. The Labute approximate surface area is 164 Å². The number of benzene rings is 2. The molecule has 2 aromatic carbocycles. The Morgan fingerprint density at radius 3 is 2.50 bits per heavy atom. The second-order valence-corrected chi connectivity index (χ2v) is 6.95. The second-order valence-electron chi connectivity index (χ2n) is 6.95. The Kier molecular flexibility index (Phi) is 5.78. The summed E-state index contributed by atoms with van der Waals surface area (Å²) in [5.41, 5.74) is 2.38. The lowest BCUT2D eigenvalue weighted by molar-refractivity contribution is -0.114. The van der Waals surface area contributed by atoms with Gasteiger partial charge in [-0.25, -0.2) is 4.39 Å². The number of hydrazone groups is 1. The molecular formula is C22H23FN2O3. The van der Waals surface area contributed by atoms with Crippen LogP contribution < -0.4 is 14.5 Å². The van der Waals surface area contributed by atoms with E-state index in [9.17, 15) is 9.18 Å². The minimum atomic E-state index is -0.362. The zero-order valence-corrected chi connectivity index (χ0v) is 16.4. The number of ether oxygens (including phenoxy) is 2. The van der Waals surface area contributed by atoms with Crippen LogP contribution in [0, 0.1) is 11.7 Å². The van der Waals surface area contributed by atoms with Crippen LogP contribution >= 0.6 is 0 Å². The fraction of sp³-hybridized carbons (Fsp3) is 0.273. The van der Waals surface area contributed by atoms with Crippen LogP contribution in [-0.2, 0) is 4.79 Å². The number of halogens is 1. The van der Waals surface area contributed by atoms with Gasteiger partial charge in [-0.05, 0) is 60.9 Å². The number of carbonyl (C=O) groups is 1. The molecule has 0 N–H and O–H groups in total. The maximum absolute atomic E-state index is 13.1. The molecule has 3 rings (SSSR count). The van der Waals surface area contributed by atoms with Crippen molar-refractivity contribution in [2.24, 2.45) is 11.0 Å². The van der Waals surface area contributed by atoms with Crippen LogP contribution in [0.4, 0.5) is 10.1 Å². The fourth-order valence-electron chi connectivity index (χ4n) is 2.76. The van der Waals surface area contributed by atoms with E-state index in [1.165, 1.54) is 29.3 Å². The molecule has 0 fully saturated rings. The quantitative estimate of drug-likeness (QED) is 0.682. The number of methoxy groups -OCH3 is 1. The standard InChI is InChI=1S/C22H23FN2O3/c1-14(2)13-28-20-10-5-16(12-21(20)27-4)11-19-15(3)24-25(22(19)26)18-8-6-17(23)7-9-18/h5-12,14H,13H2,1-4H3/b19-11+. The molecule has 5 nitrogen and oxygen atoms in total. The first-order valence-electron chi connectivity index (χ1n) is 9.07. The van der Waals surface area contributed by atoms with E-state index < -0.39 is 0 Å². The molecule has 0 unspecified atom stereocenters. The summed E-state index contributed by atoms with van der Waals surface area (Å²) in [6, 6.07) is 11.2. The molecular weight excluding hydrogens is 359 g/mol. The molecule has 0 bridgehead atoms. The van der Waals surface area contributed by atoms with E-state index in [1.54, 1.807) is 20.1 Å². The van der Waals surface area contributed by atoms with E-state index in [-0.39, 0.29) is 11.7 Å². The van der Waals surface area contributed by atoms with Gasteiger partial charge in [0.05, 0.1) is 30.7 Å². The van der Waals surface area contributed by atoms with Crippen LogP contribution in [-0.4, -0.2) is 25.3 Å². The van der Waals surface area contributed by atoms with Crippen LogP contribution in [0.5, 0.6) is 11.5 Å². The van der Waals surface area contributed by atoms with Gasteiger partial charge in [-0.2, -0.15) is 10.1 Å². The lowest BCUT2D eigenvalue weighted by Crippen LogP contribution is -2.21. The van der Waals surface area contributed by atoms with Gasteiger partial charge in [-0.15, -0.1) is 0 Å². The van der Waals surface area contributed by atoms with Crippen LogP contribution in [0.1, 0.15) is 26.3 Å². The molecule has 0 radical (unpaired) electrons. The van der Waals surface area contributed by atoms with Crippen molar-refractivity contribution in [3.63, 3.8) is 0 Å². The Bertz CT molecular complexity index is 933. The number of rotatable bonds is 6. The van der Waals surface area contributed by atoms with Crippen molar-refractivity contribution in [3.05, 3.63) is 59.4 Å². The maximum atomic E-state index is 13.1. The molecule has 146 valence electrons. The van der Waals surface area contributed by atoms with Crippen LogP contribution in [0.2, 0.25) is 0 Å². The van der Waals surface area contributed by atoms with E-state index in [2.05, 4.69) is 18.9 Å². The third-order valence-electron chi connectivity index (χ3n) is 4.20. The van der Waals surface area contributed by atoms with Gasteiger partial charge in [0, 0.05) is 0 Å². The third kappa shape index (κ3) is 4.22. The highest BCUT2D eigenvalue weighted by molar-refractivity contribution is 6.32. The first-order chi connectivity index (χ1) is 13.4. The molecule has 28 heavy (non-hydrogen) atoms. The second kappa shape index (κ2) is 8.25. The molecule has 0 aliphatic carbocycles. The van der Waals surface area contributed by atoms with Gasteiger partial charge in [-0.3, -0.25) is 4.79 Å². The minimum Gasteiger partial charge on any atom is -0.493 e. The van der Waals surface area contributed by atoms with Crippen molar-refractivity contribution in [1.82, 2.24) is 0 Å². The van der Waals surface area contributed by atoms with Crippen LogP contribution in [0.3, 0.4) is 0 Å². The topological polar surface area (TPSA) is 51.1 Å². The molecule has 0 saturated heterocycles. The number of anilines is 1. The molecule has 0 atom stereocenters. The summed E-state index contributed by atoms with van der Waals surface area (Å²) in [7, 11) is 1.58. The summed E-state index contributed by atoms with van der Waals surface area (Å²) in [6.45, 7) is 6.51. The number of hydrogen-bond acceptors (Lipinski definition) is 4. The van der Waals surface area contributed by atoms with Gasteiger partial charge in [0.15, 0.2) is 11.5 Å². The van der Waals surface area contributed by atoms with Crippen LogP contribution in [0.25, 0.3) is 6.08 Å². The number of carbonyl (C=O) groups excluding carboxylic acids is 1. The molecule has 0 spiro atoms. The van der Waals surface area contributed by atoms with Crippen molar-refractivity contribution in [2.45, 2.75) is 20.8 Å². The van der Waals surface area contributed by atoms with Crippen LogP contribution in [0.15, 0.2) is 53.1 Å². The van der Waals surface area contributed by atoms with Crippen molar-refractivity contribution >= 4 is 23.4 Å². The smallest absolute Gasteiger partial charge is 0.280 e. The van der Waals surface area contributed by atoms with Crippen molar-refractivity contribution in [3.8, 4) is 11.5 Å².